The van der Waals surface area contributed by atoms with E-state index in [1.54, 1.807) is 12.1 Å². The van der Waals surface area contributed by atoms with Gasteiger partial charge >= 0.3 is 6.18 Å². The summed E-state index contributed by atoms with van der Waals surface area (Å²) in [4.78, 5) is 8.24. The maximum absolute atomic E-state index is 13.3. The molecule has 0 bridgehead atoms. The predicted molar refractivity (Wildman–Crippen MR) is 101 cm³/mol. The number of hydrogen-bond acceptors (Lipinski definition) is 3. The Morgan fingerprint density at radius 3 is 2.37 bits per heavy atom. The van der Waals surface area contributed by atoms with Crippen molar-refractivity contribution in [3.8, 4) is 0 Å². The first kappa shape index (κ1) is 19.1. The maximum atomic E-state index is 13.3. The van der Waals surface area contributed by atoms with Crippen LogP contribution in [0.5, 0.6) is 0 Å². The highest BCUT2D eigenvalue weighted by Crippen LogP contribution is 2.40. The van der Waals surface area contributed by atoms with Crippen LogP contribution in [0.2, 0.25) is 0 Å². The average molecular weight is 373 g/mol. The molecule has 6 heteroatoms. The van der Waals surface area contributed by atoms with Crippen LogP contribution in [0.4, 0.5) is 24.7 Å². The molecule has 0 radical (unpaired) electrons. The quantitative estimate of drug-likeness (QED) is 0.712. The topological polar surface area (TPSA) is 37.8 Å². The molecule has 3 nitrogen and oxygen atoms in total. The number of anilines is 2. The summed E-state index contributed by atoms with van der Waals surface area (Å²) >= 11 is 0. The molecule has 3 rings (SSSR count). The fraction of sp³-hybridized carbons (Fsp3) is 0.333. The number of nitrogens with one attached hydrogen (secondary N) is 1. The van der Waals surface area contributed by atoms with E-state index in [0.717, 1.165) is 11.8 Å². The van der Waals surface area contributed by atoms with E-state index in [0.29, 0.717) is 11.5 Å². The van der Waals surface area contributed by atoms with Crippen LogP contribution in [-0.4, -0.2) is 16.1 Å². The fourth-order valence-electron chi connectivity index (χ4n) is 3.03. The van der Waals surface area contributed by atoms with Gasteiger partial charge in [-0.1, -0.05) is 51.1 Å². The third kappa shape index (κ3) is 4.56. The smallest absolute Gasteiger partial charge is 0.340 e. The van der Waals surface area contributed by atoms with Gasteiger partial charge in [0.05, 0.1) is 5.69 Å². The Hall–Kier alpha value is -2.63. The number of nitrogens with zero attached hydrogens (tertiary/aromatic N) is 2. The molecule has 1 heterocycles. The van der Waals surface area contributed by atoms with Crippen LogP contribution in [0.3, 0.4) is 0 Å². The Morgan fingerprint density at radius 1 is 1.04 bits per heavy atom. The van der Waals surface area contributed by atoms with Gasteiger partial charge < -0.3 is 5.32 Å². The van der Waals surface area contributed by atoms with E-state index < -0.39 is 17.7 Å². The van der Waals surface area contributed by atoms with Crippen molar-refractivity contribution in [2.75, 3.05) is 5.32 Å². The van der Waals surface area contributed by atoms with Crippen molar-refractivity contribution in [2.24, 2.45) is 0 Å². The van der Waals surface area contributed by atoms with E-state index in [-0.39, 0.29) is 11.8 Å². The van der Waals surface area contributed by atoms with Crippen LogP contribution >= 0.6 is 0 Å². The van der Waals surface area contributed by atoms with Crippen molar-refractivity contribution >= 4 is 11.5 Å². The first-order valence-corrected chi connectivity index (χ1v) is 8.78. The molecule has 1 aromatic heterocycles. The van der Waals surface area contributed by atoms with E-state index in [9.17, 15) is 13.2 Å². The van der Waals surface area contributed by atoms with Crippen LogP contribution in [-0.2, 0) is 5.41 Å². The summed E-state index contributed by atoms with van der Waals surface area (Å²) in [5, 5.41) is 3.15. The van der Waals surface area contributed by atoms with Crippen molar-refractivity contribution in [1.82, 2.24) is 9.97 Å². The number of benzene rings is 1. The molecule has 0 amide bonds. The summed E-state index contributed by atoms with van der Waals surface area (Å²) in [5.74, 6) is -0.346. The predicted octanol–water partition coefficient (Wildman–Crippen LogP) is 6.05. The standard InChI is InChI=1S/C21H22F3N3/c1-20(2,3)14-8-10-15(11-9-14)27-19-12-18(25-13-26-19)16-6-4-5-7-17(16)21(22,23)24/h4-5,7-13,16H,6H2,1-3H3,(H,25,26,27). The van der Waals surface area contributed by atoms with Crippen LogP contribution in [0.1, 0.15) is 44.4 Å². The van der Waals surface area contributed by atoms with Crippen molar-refractivity contribution in [3.63, 3.8) is 0 Å². The molecule has 1 aromatic carbocycles. The van der Waals surface area contributed by atoms with Crippen LogP contribution in [0.15, 0.2) is 60.5 Å². The van der Waals surface area contributed by atoms with Crippen LogP contribution in [0, 0.1) is 0 Å². The Balaban J connectivity index is 1.82. The number of aromatic nitrogens is 2. The second kappa shape index (κ2) is 7.18. The molecule has 1 aliphatic rings. The van der Waals surface area contributed by atoms with Crippen LogP contribution < -0.4 is 5.32 Å². The summed E-state index contributed by atoms with van der Waals surface area (Å²) in [6, 6.07) is 9.52. The SMILES string of the molecule is CC(C)(C)c1ccc(Nc2cc(C3CC=CC=C3C(F)(F)F)ncn2)cc1. The lowest BCUT2D eigenvalue weighted by atomic mass is 9.87. The van der Waals surface area contributed by atoms with Gasteiger partial charge in [-0.2, -0.15) is 13.2 Å². The molecule has 1 aliphatic carbocycles. The Morgan fingerprint density at radius 2 is 1.74 bits per heavy atom. The maximum Gasteiger partial charge on any atom is 0.413 e. The lowest BCUT2D eigenvalue weighted by Gasteiger charge is -2.23. The molecular weight excluding hydrogens is 351 g/mol. The van der Waals surface area contributed by atoms with E-state index in [4.69, 9.17) is 0 Å². The zero-order valence-corrected chi connectivity index (χ0v) is 15.5. The molecule has 0 aliphatic heterocycles. The monoisotopic (exact) mass is 373 g/mol. The number of alkyl halides is 3. The summed E-state index contributed by atoms with van der Waals surface area (Å²) < 4.78 is 39.9. The van der Waals surface area contributed by atoms with Gasteiger partial charge in [-0.05, 0) is 29.5 Å². The largest absolute Gasteiger partial charge is 0.413 e. The molecular formula is C21H22F3N3. The minimum Gasteiger partial charge on any atom is -0.340 e. The van der Waals surface area contributed by atoms with Crippen molar-refractivity contribution in [2.45, 2.75) is 44.7 Å². The Kier molecular flexibility index (Phi) is 5.09. The Labute approximate surface area is 157 Å². The van der Waals surface area contributed by atoms with Gasteiger partial charge in [0.1, 0.15) is 12.1 Å². The highest BCUT2D eigenvalue weighted by Gasteiger charge is 2.39. The molecule has 1 atom stereocenters. The number of hydrogen-bond donors (Lipinski definition) is 1. The summed E-state index contributed by atoms with van der Waals surface area (Å²) in [7, 11) is 0. The first-order chi connectivity index (χ1) is 12.6. The molecule has 0 saturated carbocycles. The molecule has 0 fully saturated rings. The van der Waals surface area contributed by atoms with Gasteiger partial charge in [0.2, 0.25) is 0 Å². The normalized spacial score (nSPS) is 17.6. The van der Waals surface area contributed by atoms with Gasteiger partial charge in [-0.15, -0.1) is 0 Å². The zero-order chi connectivity index (χ0) is 19.7. The third-order valence-corrected chi connectivity index (χ3v) is 4.55. The lowest BCUT2D eigenvalue weighted by molar-refractivity contribution is -0.0961. The first-order valence-electron chi connectivity index (χ1n) is 8.78. The molecule has 27 heavy (non-hydrogen) atoms. The number of rotatable bonds is 3. The second-order valence-corrected chi connectivity index (χ2v) is 7.62. The Bertz CT molecular complexity index is 859. The van der Waals surface area contributed by atoms with E-state index in [1.807, 2.05) is 24.3 Å². The molecule has 142 valence electrons. The van der Waals surface area contributed by atoms with Crippen molar-refractivity contribution < 1.29 is 13.2 Å². The molecule has 0 saturated heterocycles. The van der Waals surface area contributed by atoms with Gasteiger partial charge in [-0.25, -0.2) is 9.97 Å². The summed E-state index contributed by atoms with van der Waals surface area (Å²) in [6.07, 6.45) is 1.47. The minimum absolute atomic E-state index is 0.0510. The lowest BCUT2D eigenvalue weighted by Crippen LogP contribution is -2.21. The average Bonchev–Trinajstić information content (AvgIpc) is 2.61. The summed E-state index contributed by atoms with van der Waals surface area (Å²) in [5.41, 5.74) is 1.85. The van der Waals surface area contributed by atoms with Gasteiger partial charge in [0, 0.05) is 23.2 Å². The van der Waals surface area contributed by atoms with Crippen molar-refractivity contribution in [1.29, 1.82) is 0 Å². The molecule has 1 unspecified atom stereocenters. The van der Waals surface area contributed by atoms with Crippen LogP contribution in [0.25, 0.3) is 0 Å². The van der Waals surface area contributed by atoms with Gasteiger partial charge in [-0.3, -0.25) is 0 Å². The van der Waals surface area contributed by atoms with Crippen molar-refractivity contribution in [3.05, 3.63) is 71.7 Å². The molecule has 1 N–H and O–H groups in total. The highest BCUT2D eigenvalue weighted by molar-refractivity contribution is 5.57. The zero-order valence-electron chi connectivity index (χ0n) is 15.5. The molecule has 0 spiro atoms. The second-order valence-electron chi connectivity index (χ2n) is 7.62. The number of halogens is 3. The van der Waals surface area contributed by atoms with E-state index >= 15 is 0 Å². The fourth-order valence-corrected chi connectivity index (χ4v) is 3.03. The highest BCUT2D eigenvalue weighted by atomic mass is 19.4. The van der Waals surface area contributed by atoms with Gasteiger partial charge in [0.15, 0.2) is 0 Å². The summed E-state index contributed by atoms with van der Waals surface area (Å²) in [6.45, 7) is 6.41. The number of allylic oxidation sites excluding steroid dienone is 4. The third-order valence-electron chi connectivity index (χ3n) is 4.55. The van der Waals surface area contributed by atoms with E-state index in [2.05, 4.69) is 36.1 Å². The van der Waals surface area contributed by atoms with E-state index in [1.165, 1.54) is 18.0 Å². The minimum atomic E-state index is -4.38. The molecule has 2 aromatic rings. The van der Waals surface area contributed by atoms with Gasteiger partial charge in [0.25, 0.3) is 0 Å².